The molecule has 0 radical (unpaired) electrons. The largest absolute Gasteiger partial charge is 0.232 e. The molecule has 3 aromatic heterocycles. The van der Waals surface area contributed by atoms with E-state index in [0.717, 1.165) is 17.0 Å². The fraction of sp³-hybridized carbons (Fsp3) is 0.167. The highest BCUT2D eigenvalue weighted by molar-refractivity contribution is 7.13. The summed E-state index contributed by atoms with van der Waals surface area (Å²) < 4.78 is 1.84. The maximum absolute atomic E-state index is 4.56. The molecule has 3 nitrogen and oxygen atoms in total. The monoisotopic (exact) mass is 229 g/mol. The van der Waals surface area contributed by atoms with Crippen LogP contribution in [0.1, 0.15) is 11.3 Å². The minimum absolute atomic E-state index is 0.899. The van der Waals surface area contributed by atoms with E-state index in [0.29, 0.717) is 0 Å². The van der Waals surface area contributed by atoms with Gasteiger partial charge in [-0.15, -0.1) is 11.3 Å². The first-order valence-corrected chi connectivity index (χ1v) is 5.99. The van der Waals surface area contributed by atoms with Gasteiger partial charge in [0.15, 0.2) is 5.65 Å². The molecule has 0 bridgehead atoms. The van der Waals surface area contributed by atoms with Crippen molar-refractivity contribution < 1.29 is 0 Å². The highest BCUT2D eigenvalue weighted by Crippen LogP contribution is 2.27. The highest BCUT2D eigenvalue weighted by atomic mass is 32.1. The molecule has 0 fully saturated rings. The average Bonchev–Trinajstić information content (AvgIpc) is 2.81. The zero-order valence-electron chi connectivity index (χ0n) is 9.14. The van der Waals surface area contributed by atoms with Crippen molar-refractivity contribution in [3.05, 3.63) is 41.0 Å². The first-order chi connectivity index (χ1) is 7.74. The summed E-state index contributed by atoms with van der Waals surface area (Å²) in [5, 5.41) is 6.66. The Morgan fingerprint density at radius 3 is 2.81 bits per heavy atom. The topological polar surface area (TPSA) is 30.2 Å². The molecule has 0 unspecified atom stereocenters. The van der Waals surface area contributed by atoms with Gasteiger partial charge in [-0.25, -0.2) is 9.50 Å². The molecule has 16 heavy (non-hydrogen) atoms. The van der Waals surface area contributed by atoms with Gasteiger partial charge >= 0.3 is 0 Å². The van der Waals surface area contributed by atoms with Gasteiger partial charge in [0.05, 0.1) is 16.8 Å². The second-order valence-corrected chi connectivity index (χ2v) is 4.75. The van der Waals surface area contributed by atoms with Crippen LogP contribution in [0.25, 0.3) is 16.2 Å². The minimum atomic E-state index is 0.899. The van der Waals surface area contributed by atoms with Gasteiger partial charge < -0.3 is 0 Å². The molecule has 4 heteroatoms. The van der Waals surface area contributed by atoms with E-state index < -0.39 is 0 Å². The van der Waals surface area contributed by atoms with Crippen molar-refractivity contribution in [1.82, 2.24) is 14.6 Å². The van der Waals surface area contributed by atoms with Gasteiger partial charge in [-0.3, -0.25) is 0 Å². The van der Waals surface area contributed by atoms with E-state index in [4.69, 9.17) is 0 Å². The molecule has 0 saturated heterocycles. The molecule has 3 aromatic rings. The molecule has 0 aliphatic carbocycles. The summed E-state index contributed by atoms with van der Waals surface area (Å²) >= 11 is 1.72. The number of hydrogen-bond acceptors (Lipinski definition) is 3. The number of aromatic nitrogens is 3. The molecule has 0 atom stereocenters. The summed E-state index contributed by atoms with van der Waals surface area (Å²) in [6, 6.07) is 6.15. The first-order valence-electron chi connectivity index (χ1n) is 5.11. The van der Waals surface area contributed by atoms with Crippen molar-refractivity contribution in [1.29, 1.82) is 0 Å². The SMILES string of the molecule is Cc1cn2nc(-c3sccc3C)ccc2n1. The van der Waals surface area contributed by atoms with E-state index in [9.17, 15) is 0 Å². The zero-order valence-corrected chi connectivity index (χ0v) is 9.95. The second kappa shape index (κ2) is 3.42. The van der Waals surface area contributed by atoms with E-state index in [1.165, 1.54) is 10.4 Å². The molecule has 0 aromatic carbocycles. The number of imidazole rings is 1. The molecular weight excluding hydrogens is 218 g/mol. The maximum atomic E-state index is 4.56. The van der Waals surface area contributed by atoms with E-state index >= 15 is 0 Å². The molecule has 0 N–H and O–H groups in total. The summed E-state index contributed by atoms with van der Waals surface area (Å²) in [7, 11) is 0. The van der Waals surface area contributed by atoms with Crippen LogP contribution in [0.3, 0.4) is 0 Å². The Labute approximate surface area is 97.4 Å². The number of hydrogen-bond donors (Lipinski definition) is 0. The smallest absolute Gasteiger partial charge is 0.153 e. The van der Waals surface area contributed by atoms with Crippen LogP contribution in [0.2, 0.25) is 0 Å². The van der Waals surface area contributed by atoms with Crippen molar-refractivity contribution in [2.45, 2.75) is 13.8 Å². The lowest BCUT2D eigenvalue weighted by molar-refractivity contribution is 0.942. The summed E-state index contributed by atoms with van der Waals surface area (Å²) in [6.45, 7) is 4.08. The predicted octanol–water partition coefficient (Wildman–Crippen LogP) is 3.07. The maximum Gasteiger partial charge on any atom is 0.153 e. The summed E-state index contributed by atoms with van der Waals surface area (Å²) in [5.74, 6) is 0. The standard InChI is InChI=1S/C12H11N3S/c1-8-5-6-16-12(8)10-3-4-11-13-9(2)7-15(11)14-10/h3-7H,1-2H3. The highest BCUT2D eigenvalue weighted by Gasteiger charge is 2.06. The van der Waals surface area contributed by atoms with Gasteiger partial charge in [0, 0.05) is 0 Å². The van der Waals surface area contributed by atoms with Crippen molar-refractivity contribution >= 4 is 17.0 Å². The molecule has 0 aliphatic heterocycles. The quantitative estimate of drug-likeness (QED) is 0.642. The van der Waals surface area contributed by atoms with Crippen LogP contribution in [-0.4, -0.2) is 14.6 Å². The van der Waals surface area contributed by atoms with Gasteiger partial charge in [-0.1, -0.05) is 0 Å². The number of nitrogens with zero attached hydrogens (tertiary/aromatic N) is 3. The van der Waals surface area contributed by atoms with Gasteiger partial charge in [0.25, 0.3) is 0 Å². The molecule has 0 amide bonds. The van der Waals surface area contributed by atoms with Crippen molar-refractivity contribution in [2.24, 2.45) is 0 Å². The lowest BCUT2D eigenvalue weighted by atomic mass is 10.2. The summed E-state index contributed by atoms with van der Waals surface area (Å²) in [5.41, 5.74) is 4.18. The van der Waals surface area contributed by atoms with E-state index in [2.05, 4.69) is 28.5 Å². The Morgan fingerprint density at radius 2 is 2.06 bits per heavy atom. The Hall–Kier alpha value is -1.68. The van der Waals surface area contributed by atoms with E-state index in [1.54, 1.807) is 11.3 Å². The number of thiophene rings is 1. The van der Waals surface area contributed by atoms with Crippen LogP contribution < -0.4 is 0 Å². The Bertz CT molecular complexity index is 651. The predicted molar refractivity (Wildman–Crippen MR) is 65.8 cm³/mol. The lowest BCUT2D eigenvalue weighted by Gasteiger charge is -1.99. The first kappa shape index (κ1) is 9.54. The third kappa shape index (κ3) is 1.42. The van der Waals surface area contributed by atoms with Crippen LogP contribution in [-0.2, 0) is 0 Å². The second-order valence-electron chi connectivity index (χ2n) is 3.84. The fourth-order valence-electron chi connectivity index (χ4n) is 1.76. The molecule has 0 spiro atoms. The minimum Gasteiger partial charge on any atom is -0.232 e. The average molecular weight is 229 g/mol. The van der Waals surface area contributed by atoms with E-state index in [1.807, 2.05) is 29.8 Å². The normalized spacial score (nSPS) is 11.1. The van der Waals surface area contributed by atoms with Gasteiger partial charge in [-0.2, -0.15) is 5.10 Å². The van der Waals surface area contributed by atoms with Gasteiger partial charge in [0.2, 0.25) is 0 Å². The Balaban J connectivity index is 2.22. The molecule has 80 valence electrons. The third-order valence-corrected chi connectivity index (χ3v) is 3.57. The van der Waals surface area contributed by atoms with Crippen molar-refractivity contribution in [3.8, 4) is 10.6 Å². The third-order valence-electron chi connectivity index (χ3n) is 2.54. The van der Waals surface area contributed by atoms with Gasteiger partial charge in [-0.05, 0) is 43.0 Å². The van der Waals surface area contributed by atoms with Gasteiger partial charge in [0.1, 0.15) is 5.69 Å². The number of rotatable bonds is 1. The molecule has 3 rings (SSSR count). The molecule has 0 aliphatic rings. The van der Waals surface area contributed by atoms with E-state index in [-0.39, 0.29) is 0 Å². The number of aryl methyl sites for hydroxylation is 2. The Kier molecular flexibility index (Phi) is 2.04. The van der Waals surface area contributed by atoms with Crippen LogP contribution >= 0.6 is 11.3 Å². The number of fused-ring (bicyclic) bond motifs is 1. The Morgan fingerprint density at radius 1 is 1.19 bits per heavy atom. The van der Waals surface area contributed by atoms with Crippen LogP contribution in [0, 0.1) is 13.8 Å². The molecule has 0 saturated carbocycles. The van der Waals surface area contributed by atoms with Crippen molar-refractivity contribution in [3.63, 3.8) is 0 Å². The van der Waals surface area contributed by atoms with Crippen LogP contribution in [0.5, 0.6) is 0 Å². The van der Waals surface area contributed by atoms with Crippen LogP contribution in [0.15, 0.2) is 29.8 Å². The summed E-state index contributed by atoms with van der Waals surface area (Å²) in [4.78, 5) is 5.59. The zero-order chi connectivity index (χ0) is 11.1. The fourth-order valence-corrected chi connectivity index (χ4v) is 2.65. The van der Waals surface area contributed by atoms with Crippen molar-refractivity contribution in [2.75, 3.05) is 0 Å². The summed E-state index contributed by atoms with van der Waals surface area (Å²) in [6.07, 6.45) is 1.95. The molecular formula is C12H11N3S. The van der Waals surface area contributed by atoms with Crippen LogP contribution in [0.4, 0.5) is 0 Å². The molecule has 3 heterocycles. The lowest BCUT2D eigenvalue weighted by Crippen LogP contribution is -1.92.